The zero-order valence-electron chi connectivity index (χ0n) is 20.2. The molecule has 2 aromatic rings. The van der Waals surface area contributed by atoms with Gasteiger partial charge in [-0.05, 0) is 25.1 Å². The first-order valence-electron chi connectivity index (χ1n) is 11.4. The fourth-order valence-electron chi connectivity index (χ4n) is 3.37. The lowest BCUT2D eigenvalue weighted by Crippen LogP contribution is -2.41. The first-order valence-corrected chi connectivity index (χ1v) is 12.2. The Morgan fingerprint density at radius 3 is 2.68 bits per heavy atom. The number of amides is 2. The number of aromatic nitrogens is 1. The zero-order valence-corrected chi connectivity index (χ0v) is 21.0. The van der Waals surface area contributed by atoms with Crippen LogP contribution in [0.4, 0.5) is 11.4 Å². The SMILES string of the molecule is CCn1c(=C=C(C#N)C(=O)NCC#N)sc(=C=CNc2cccc(NC(=O)CN3CCOCC3)c2)c1=O. The highest BCUT2D eigenvalue weighted by atomic mass is 32.1. The van der Waals surface area contributed by atoms with Crippen LogP contribution in [0.1, 0.15) is 6.92 Å². The van der Waals surface area contributed by atoms with E-state index in [1.165, 1.54) is 10.8 Å². The van der Waals surface area contributed by atoms with E-state index < -0.39 is 5.91 Å². The number of morpholine rings is 1. The lowest BCUT2D eigenvalue weighted by atomic mass is 10.2. The van der Waals surface area contributed by atoms with Crippen molar-refractivity contribution in [3.63, 3.8) is 0 Å². The maximum atomic E-state index is 12.7. The van der Waals surface area contributed by atoms with E-state index in [2.05, 4.69) is 27.4 Å². The van der Waals surface area contributed by atoms with Crippen molar-refractivity contribution in [1.29, 1.82) is 10.5 Å². The van der Waals surface area contributed by atoms with Gasteiger partial charge in [0.15, 0.2) is 5.57 Å². The van der Waals surface area contributed by atoms with E-state index in [-0.39, 0.29) is 39.3 Å². The summed E-state index contributed by atoms with van der Waals surface area (Å²) in [7, 11) is 0. The van der Waals surface area contributed by atoms with Gasteiger partial charge in [0.05, 0.1) is 25.8 Å². The molecule has 2 amide bonds. The normalized spacial score (nSPS) is 12.7. The number of hydrogen-bond donors (Lipinski definition) is 3. The molecule has 0 unspecified atom stereocenters. The fraction of sp³-hybridized carbons (Fsp3) is 0.320. The molecule has 11 nitrogen and oxygen atoms in total. The second-order valence-corrected chi connectivity index (χ2v) is 8.69. The fourth-order valence-corrected chi connectivity index (χ4v) is 4.35. The average molecular weight is 520 g/mol. The molecule has 12 heteroatoms. The van der Waals surface area contributed by atoms with Crippen LogP contribution >= 0.6 is 11.3 Å². The number of thiazole rings is 1. The van der Waals surface area contributed by atoms with Crippen molar-refractivity contribution < 1.29 is 14.3 Å². The molecule has 0 bridgehead atoms. The first-order chi connectivity index (χ1) is 17.9. The Kier molecular flexibility index (Phi) is 10.0. The summed E-state index contributed by atoms with van der Waals surface area (Å²) in [6.45, 7) is 4.79. The Morgan fingerprint density at radius 1 is 1.22 bits per heavy atom. The molecule has 1 fully saturated rings. The maximum absolute atomic E-state index is 12.7. The number of hydrogen-bond acceptors (Lipinski definition) is 9. The van der Waals surface area contributed by atoms with Gasteiger partial charge in [-0.25, -0.2) is 0 Å². The summed E-state index contributed by atoms with van der Waals surface area (Å²) < 4.78 is 7.21. The van der Waals surface area contributed by atoms with Gasteiger partial charge in [0, 0.05) is 37.2 Å². The molecule has 0 atom stereocenters. The number of rotatable bonds is 8. The molecule has 1 aromatic carbocycles. The highest BCUT2D eigenvalue weighted by molar-refractivity contribution is 7.07. The van der Waals surface area contributed by atoms with Gasteiger partial charge in [-0.1, -0.05) is 28.9 Å². The molecule has 1 saturated heterocycles. The summed E-state index contributed by atoms with van der Waals surface area (Å²) >= 11 is 1.03. The van der Waals surface area contributed by atoms with Crippen LogP contribution < -0.4 is 30.7 Å². The molecular weight excluding hydrogens is 494 g/mol. The molecule has 0 radical (unpaired) electrons. The summed E-state index contributed by atoms with van der Waals surface area (Å²) in [5, 5.41) is 26.1. The summed E-state index contributed by atoms with van der Waals surface area (Å²) in [4.78, 5) is 39.1. The topological polar surface area (TPSA) is 152 Å². The second kappa shape index (κ2) is 13.6. The molecule has 0 aliphatic carbocycles. The standard InChI is InChI=1S/C25H25N7O4S/c1-2-32-23(14-18(16-27)24(34)29-9-7-26)37-21(25(32)35)6-8-28-19-4-3-5-20(15-19)30-22(33)17-31-10-12-36-13-11-31/h3-5,8,15,28H,2,9-13,17H2,1H3,(H,29,34)(H,30,33). The van der Waals surface area contributed by atoms with E-state index in [0.717, 1.165) is 24.4 Å². The minimum atomic E-state index is -0.743. The van der Waals surface area contributed by atoms with Crippen LogP contribution in [0.3, 0.4) is 0 Å². The zero-order chi connectivity index (χ0) is 26.6. The molecular formula is C25H25N7O4S. The molecule has 190 valence electrons. The van der Waals surface area contributed by atoms with Crippen molar-refractivity contribution in [3.8, 4) is 12.1 Å². The van der Waals surface area contributed by atoms with Gasteiger partial charge in [-0.15, -0.1) is 0 Å². The van der Waals surface area contributed by atoms with E-state index in [9.17, 15) is 19.6 Å². The molecule has 3 N–H and O–H groups in total. The van der Waals surface area contributed by atoms with Gasteiger partial charge in [-0.3, -0.25) is 23.9 Å². The lowest BCUT2D eigenvalue weighted by Gasteiger charge is -2.25. The average Bonchev–Trinajstić information content (AvgIpc) is 3.20. The predicted molar refractivity (Wildman–Crippen MR) is 139 cm³/mol. The highest BCUT2D eigenvalue weighted by Crippen LogP contribution is 2.15. The molecule has 1 aliphatic rings. The Morgan fingerprint density at radius 2 is 1.97 bits per heavy atom. The van der Waals surface area contributed by atoms with Crippen molar-refractivity contribution in [1.82, 2.24) is 14.8 Å². The number of nitrogens with zero attached hydrogens (tertiary/aromatic N) is 4. The largest absolute Gasteiger partial charge is 0.379 e. The Bertz CT molecular complexity index is 1490. The highest BCUT2D eigenvalue weighted by Gasteiger charge is 2.14. The number of ether oxygens (including phenoxy) is 1. The Hall–Kier alpha value is -4.41. The maximum Gasteiger partial charge on any atom is 0.277 e. The third kappa shape index (κ3) is 7.79. The van der Waals surface area contributed by atoms with Crippen LogP contribution in [0, 0.1) is 22.7 Å². The molecule has 0 saturated carbocycles. The van der Waals surface area contributed by atoms with Gasteiger partial charge in [-0.2, -0.15) is 10.5 Å². The lowest BCUT2D eigenvalue weighted by molar-refractivity contribution is -0.118. The van der Waals surface area contributed by atoms with Crippen molar-refractivity contribution in [2.24, 2.45) is 0 Å². The molecule has 37 heavy (non-hydrogen) atoms. The van der Waals surface area contributed by atoms with Crippen LogP contribution in [-0.2, 0) is 20.9 Å². The van der Waals surface area contributed by atoms with Crippen molar-refractivity contribution in [3.05, 3.63) is 55.6 Å². The summed E-state index contributed by atoms with van der Waals surface area (Å²) in [6.07, 6.45) is 1.47. The van der Waals surface area contributed by atoms with Crippen molar-refractivity contribution >= 4 is 46.0 Å². The Balaban J connectivity index is 1.80. The van der Waals surface area contributed by atoms with Crippen LogP contribution in [-0.4, -0.2) is 60.7 Å². The van der Waals surface area contributed by atoms with Crippen molar-refractivity contribution in [2.45, 2.75) is 13.5 Å². The predicted octanol–water partition coefficient (Wildman–Crippen LogP) is -0.325. The van der Waals surface area contributed by atoms with Gasteiger partial charge in [0.1, 0.15) is 21.8 Å². The molecule has 0 spiro atoms. The third-order valence-electron chi connectivity index (χ3n) is 5.16. The second-order valence-electron chi connectivity index (χ2n) is 7.69. The smallest absolute Gasteiger partial charge is 0.277 e. The Labute approximate surface area is 216 Å². The van der Waals surface area contributed by atoms with Gasteiger partial charge in [0.2, 0.25) is 5.91 Å². The number of anilines is 2. The number of carbonyl (C=O) groups excluding carboxylic acids is 2. The number of nitrogens with one attached hydrogen (secondary N) is 3. The van der Waals surface area contributed by atoms with Gasteiger partial charge in [0.25, 0.3) is 11.5 Å². The van der Waals surface area contributed by atoms with E-state index in [1.54, 1.807) is 43.3 Å². The number of nitriles is 2. The minimum absolute atomic E-state index is 0.116. The molecule has 1 aliphatic heterocycles. The first kappa shape index (κ1) is 27.2. The van der Waals surface area contributed by atoms with E-state index in [0.29, 0.717) is 31.1 Å². The van der Waals surface area contributed by atoms with Crippen LogP contribution in [0.15, 0.2) is 40.8 Å². The van der Waals surface area contributed by atoms with Crippen LogP contribution in [0.25, 0.3) is 11.5 Å². The molecule has 2 heterocycles. The molecule has 1 aromatic heterocycles. The number of carbonyl (C=O) groups is 2. The summed E-state index contributed by atoms with van der Waals surface area (Å²) in [6, 6.07) is 10.6. The summed E-state index contributed by atoms with van der Waals surface area (Å²) in [5.41, 5.74) is 6.19. The van der Waals surface area contributed by atoms with Crippen molar-refractivity contribution in [2.75, 3.05) is 50.0 Å². The van der Waals surface area contributed by atoms with Crippen LogP contribution in [0.2, 0.25) is 0 Å². The summed E-state index contributed by atoms with van der Waals surface area (Å²) in [5.74, 6) is -0.859. The quantitative estimate of drug-likeness (QED) is 0.244. The van der Waals surface area contributed by atoms with E-state index in [4.69, 9.17) is 10.00 Å². The minimum Gasteiger partial charge on any atom is -0.379 e. The van der Waals surface area contributed by atoms with E-state index >= 15 is 0 Å². The number of benzene rings is 1. The van der Waals surface area contributed by atoms with Crippen LogP contribution in [0.5, 0.6) is 0 Å². The van der Waals surface area contributed by atoms with Gasteiger partial charge < -0.3 is 20.7 Å². The monoisotopic (exact) mass is 519 g/mol. The van der Waals surface area contributed by atoms with E-state index in [1.807, 2.05) is 4.90 Å². The third-order valence-corrected chi connectivity index (χ3v) is 6.17. The van der Waals surface area contributed by atoms with Gasteiger partial charge >= 0.3 is 0 Å². The molecule has 3 rings (SSSR count).